The van der Waals surface area contributed by atoms with Gasteiger partial charge in [-0.25, -0.2) is 4.98 Å². The lowest BCUT2D eigenvalue weighted by Crippen LogP contribution is -2.46. The second-order valence-corrected chi connectivity index (χ2v) is 8.66. The summed E-state index contributed by atoms with van der Waals surface area (Å²) in [6.07, 6.45) is -1.53. The molecular weight excluding hydrogens is 483 g/mol. The van der Waals surface area contributed by atoms with Gasteiger partial charge in [-0.2, -0.15) is 13.2 Å². The SMILES string of the molecule is O=C(Nc1cc(C(F)(F)F)ccc1N1CCN(Cc2ccccn2)CC1)c1cnc(-c2ccccc2)o1. The molecule has 1 aliphatic heterocycles. The number of hydrogen-bond donors (Lipinski definition) is 1. The molecule has 5 rings (SSSR count). The zero-order valence-corrected chi connectivity index (χ0v) is 19.8. The first-order chi connectivity index (χ1) is 17.9. The monoisotopic (exact) mass is 507 g/mol. The number of nitrogens with zero attached hydrogens (tertiary/aromatic N) is 4. The highest BCUT2D eigenvalue weighted by Crippen LogP contribution is 2.36. The van der Waals surface area contributed by atoms with Crippen molar-refractivity contribution in [2.24, 2.45) is 0 Å². The summed E-state index contributed by atoms with van der Waals surface area (Å²) in [6.45, 7) is 3.27. The van der Waals surface area contributed by atoms with Gasteiger partial charge in [0.25, 0.3) is 5.91 Å². The Morgan fingerprint density at radius 3 is 2.41 bits per heavy atom. The first kappa shape index (κ1) is 24.5. The van der Waals surface area contributed by atoms with Gasteiger partial charge in [0.2, 0.25) is 11.7 Å². The Kier molecular flexibility index (Phi) is 6.91. The van der Waals surface area contributed by atoms with Gasteiger partial charge in [0, 0.05) is 44.5 Å². The Bertz CT molecular complexity index is 1350. The Morgan fingerprint density at radius 1 is 0.946 bits per heavy atom. The number of anilines is 2. The smallest absolute Gasteiger partial charge is 0.416 e. The third-order valence-corrected chi connectivity index (χ3v) is 6.15. The standard InChI is InChI=1S/C27H24F3N5O2/c28-27(29,30)20-9-10-23(35-14-12-34(13-15-35)18-21-8-4-5-11-31-21)22(16-20)33-25(36)24-17-32-26(37-24)19-6-2-1-3-7-19/h1-11,16-17H,12-15,18H2,(H,33,36). The number of oxazole rings is 1. The van der Waals surface area contributed by atoms with Gasteiger partial charge in [-0.05, 0) is 42.5 Å². The molecule has 190 valence electrons. The van der Waals surface area contributed by atoms with E-state index in [4.69, 9.17) is 4.42 Å². The summed E-state index contributed by atoms with van der Waals surface area (Å²) >= 11 is 0. The molecule has 0 radical (unpaired) electrons. The Labute approximate surface area is 211 Å². The molecule has 0 aliphatic carbocycles. The Balaban J connectivity index is 1.34. The molecule has 0 bridgehead atoms. The van der Waals surface area contributed by atoms with Gasteiger partial charge in [0.05, 0.1) is 28.8 Å². The highest BCUT2D eigenvalue weighted by molar-refractivity contribution is 6.04. The van der Waals surface area contributed by atoms with E-state index in [1.165, 1.54) is 12.3 Å². The zero-order valence-electron chi connectivity index (χ0n) is 19.8. The molecule has 3 heterocycles. The van der Waals surface area contributed by atoms with E-state index in [0.29, 0.717) is 44.0 Å². The number of alkyl halides is 3. The van der Waals surface area contributed by atoms with Crippen molar-refractivity contribution < 1.29 is 22.4 Å². The average Bonchev–Trinajstić information content (AvgIpc) is 3.41. The number of rotatable bonds is 6. The van der Waals surface area contributed by atoms with Crippen LogP contribution in [0.2, 0.25) is 0 Å². The summed E-state index contributed by atoms with van der Waals surface area (Å²) in [6, 6.07) is 18.2. The maximum Gasteiger partial charge on any atom is 0.416 e. The van der Waals surface area contributed by atoms with Crippen molar-refractivity contribution in [2.45, 2.75) is 12.7 Å². The van der Waals surface area contributed by atoms with Gasteiger partial charge >= 0.3 is 6.18 Å². The molecular formula is C27H24F3N5O2. The van der Waals surface area contributed by atoms with Crippen LogP contribution in [0.5, 0.6) is 0 Å². The molecule has 1 saturated heterocycles. The number of hydrogen-bond acceptors (Lipinski definition) is 6. The van der Waals surface area contributed by atoms with Crippen LogP contribution in [0.25, 0.3) is 11.5 Å². The maximum atomic E-state index is 13.5. The first-order valence-electron chi connectivity index (χ1n) is 11.8. The first-order valence-corrected chi connectivity index (χ1v) is 11.8. The molecule has 2 aromatic carbocycles. The fourth-order valence-electron chi connectivity index (χ4n) is 4.23. The maximum absolute atomic E-state index is 13.5. The van der Waals surface area contributed by atoms with E-state index in [0.717, 1.165) is 17.8 Å². The lowest BCUT2D eigenvalue weighted by atomic mass is 10.1. The van der Waals surface area contributed by atoms with Crippen LogP contribution in [0.15, 0.2) is 83.5 Å². The van der Waals surface area contributed by atoms with Crippen molar-refractivity contribution in [3.63, 3.8) is 0 Å². The van der Waals surface area contributed by atoms with Gasteiger partial charge in [0.1, 0.15) is 0 Å². The molecule has 2 aromatic heterocycles. The van der Waals surface area contributed by atoms with Crippen LogP contribution in [-0.4, -0.2) is 47.0 Å². The average molecular weight is 508 g/mol. The zero-order chi connectivity index (χ0) is 25.8. The molecule has 10 heteroatoms. The number of nitrogens with one attached hydrogen (secondary N) is 1. The largest absolute Gasteiger partial charge is 0.431 e. The van der Waals surface area contributed by atoms with Crippen molar-refractivity contribution >= 4 is 17.3 Å². The fraction of sp³-hybridized carbons (Fsp3) is 0.222. The van der Waals surface area contributed by atoms with Gasteiger partial charge in [0.15, 0.2) is 0 Å². The number of benzene rings is 2. The summed E-state index contributed by atoms with van der Waals surface area (Å²) in [5.74, 6) is -0.523. The third-order valence-electron chi connectivity index (χ3n) is 6.15. The lowest BCUT2D eigenvalue weighted by molar-refractivity contribution is -0.137. The fourth-order valence-corrected chi connectivity index (χ4v) is 4.23. The minimum absolute atomic E-state index is 0.0654. The number of carbonyl (C=O) groups is 1. The lowest BCUT2D eigenvalue weighted by Gasteiger charge is -2.37. The molecule has 1 amide bonds. The second-order valence-electron chi connectivity index (χ2n) is 8.66. The number of amides is 1. The molecule has 1 fully saturated rings. The molecule has 0 saturated carbocycles. The van der Waals surface area contributed by atoms with E-state index in [1.807, 2.05) is 41.3 Å². The van der Waals surface area contributed by atoms with Crippen LogP contribution in [-0.2, 0) is 12.7 Å². The number of halogens is 3. The van der Waals surface area contributed by atoms with Gasteiger partial charge in [-0.1, -0.05) is 24.3 Å². The predicted molar refractivity (Wildman–Crippen MR) is 133 cm³/mol. The van der Waals surface area contributed by atoms with Crippen LogP contribution in [0, 0.1) is 0 Å². The summed E-state index contributed by atoms with van der Waals surface area (Å²) in [7, 11) is 0. The number of carbonyl (C=O) groups excluding carboxylic acids is 1. The van der Waals surface area contributed by atoms with E-state index >= 15 is 0 Å². The Morgan fingerprint density at radius 2 is 1.70 bits per heavy atom. The quantitative estimate of drug-likeness (QED) is 0.380. The topological polar surface area (TPSA) is 74.5 Å². The van der Waals surface area contributed by atoms with Gasteiger partial charge in [-0.15, -0.1) is 0 Å². The summed E-state index contributed by atoms with van der Waals surface area (Å²) in [5, 5.41) is 2.61. The van der Waals surface area contributed by atoms with Gasteiger partial charge in [-0.3, -0.25) is 14.7 Å². The van der Waals surface area contributed by atoms with E-state index < -0.39 is 17.6 Å². The molecule has 1 N–H and O–H groups in total. The van der Waals surface area contributed by atoms with Gasteiger partial charge < -0.3 is 14.6 Å². The summed E-state index contributed by atoms with van der Waals surface area (Å²) in [5.41, 5.74) is 1.38. The second kappa shape index (κ2) is 10.4. The number of aromatic nitrogens is 2. The molecule has 0 atom stereocenters. The molecule has 1 aliphatic rings. The number of pyridine rings is 1. The van der Waals surface area contributed by atoms with Crippen molar-refractivity contribution in [1.29, 1.82) is 0 Å². The molecule has 0 unspecified atom stereocenters. The third kappa shape index (κ3) is 5.80. The number of piperazine rings is 1. The van der Waals surface area contributed by atoms with Crippen LogP contribution < -0.4 is 10.2 Å². The highest BCUT2D eigenvalue weighted by Gasteiger charge is 2.32. The molecule has 7 nitrogen and oxygen atoms in total. The predicted octanol–water partition coefficient (Wildman–Crippen LogP) is 5.33. The highest BCUT2D eigenvalue weighted by atomic mass is 19.4. The molecule has 0 spiro atoms. The minimum atomic E-state index is -4.55. The van der Waals surface area contributed by atoms with Crippen LogP contribution in [0.1, 0.15) is 21.8 Å². The van der Waals surface area contributed by atoms with Crippen LogP contribution in [0.3, 0.4) is 0 Å². The molecule has 37 heavy (non-hydrogen) atoms. The summed E-state index contributed by atoms with van der Waals surface area (Å²) in [4.78, 5) is 25.6. The van der Waals surface area contributed by atoms with Crippen molar-refractivity contribution in [3.05, 3.63) is 96.1 Å². The van der Waals surface area contributed by atoms with E-state index in [2.05, 4.69) is 20.2 Å². The minimum Gasteiger partial charge on any atom is -0.431 e. The van der Waals surface area contributed by atoms with Crippen molar-refractivity contribution in [3.8, 4) is 11.5 Å². The van der Waals surface area contributed by atoms with E-state index in [9.17, 15) is 18.0 Å². The van der Waals surface area contributed by atoms with E-state index in [-0.39, 0.29) is 17.3 Å². The Hall–Kier alpha value is -4.18. The van der Waals surface area contributed by atoms with Crippen molar-refractivity contribution in [1.82, 2.24) is 14.9 Å². The molecule has 4 aromatic rings. The summed E-state index contributed by atoms with van der Waals surface area (Å²) < 4.78 is 46.0. The normalized spacial score (nSPS) is 14.5. The van der Waals surface area contributed by atoms with Crippen molar-refractivity contribution in [2.75, 3.05) is 36.4 Å². The van der Waals surface area contributed by atoms with Crippen LogP contribution >= 0.6 is 0 Å². The van der Waals surface area contributed by atoms with Crippen LogP contribution in [0.4, 0.5) is 24.5 Å². The van der Waals surface area contributed by atoms with E-state index in [1.54, 1.807) is 18.3 Å².